The van der Waals surface area contributed by atoms with Gasteiger partial charge in [0.1, 0.15) is 5.75 Å². The molecule has 0 saturated carbocycles. The van der Waals surface area contributed by atoms with Crippen LogP contribution in [0.2, 0.25) is 0 Å². The summed E-state index contributed by atoms with van der Waals surface area (Å²) in [5, 5.41) is 0. The summed E-state index contributed by atoms with van der Waals surface area (Å²) in [6.45, 7) is 0. The van der Waals surface area contributed by atoms with Crippen molar-refractivity contribution in [2.24, 2.45) is 5.73 Å². The maximum atomic E-state index is 11.0. The molecule has 1 aromatic carbocycles. The highest BCUT2D eigenvalue weighted by molar-refractivity contribution is 7.80. The predicted molar refractivity (Wildman–Crippen MR) is 65.7 cm³/mol. The zero-order valence-corrected chi connectivity index (χ0v) is 10.6. The molecule has 0 aromatic heterocycles. The normalized spacial score (nSPS) is 14.5. The van der Waals surface area contributed by atoms with Gasteiger partial charge in [-0.25, -0.2) is 0 Å². The van der Waals surface area contributed by atoms with Crippen molar-refractivity contribution in [3.05, 3.63) is 23.8 Å². The maximum absolute atomic E-state index is 11.0. The van der Waals surface area contributed by atoms with Crippen LogP contribution < -0.4 is 10.5 Å². The van der Waals surface area contributed by atoms with Gasteiger partial charge < -0.3 is 15.0 Å². The molecular weight excluding hydrogens is 246 g/mol. The second-order valence-electron chi connectivity index (χ2n) is 3.37. The van der Waals surface area contributed by atoms with Crippen LogP contribution in [0.4, 0.5) is 0 Å². The van der Waals surface area contributed by atoms with Gasteiger partial charge in [-0.1, -0.05) is 6.07 Å². The van der Waals surface area contributed by atoms with Gasteiger partial charge in [0.15, 0.2) is 0 Å². The van der Waals surface area contributed by atoms with E-state index in [0.717, 1.165) is 5.56 Å². The van der Waals surface area contributed by atoms with Crippen LogP contribution in [-0.2, 0) is 17.5 Å². The standard InChI is InChI=1S/C10H15NO3S2/c1-14-9-3-2-7(4-8(11)6-15)5-10(9)16(12)13/h2-3,5,8,15H,4,6,11H2,1H3,(H,12,13)/p-1. The highest BCUT2D eigenvalue weighted by atomic mass is 32.2. The summed E-state index contributed by atoms with van der Waals surface area (Å²) < 4.78 is 26.9. The third-order valence-electron chi connectivity index (χ3n) is 2.14. The van der Waals surface area contributed by atoms with E-state index in [1.807, 2.05) is 0 Å². The van der Waals surface area contributed by atoms with Crippen molar-refractivity contribution < 1.29 is 13.5 Å². The van der Waals surface area contributed by atoms with Gasteiger partial charge in [0.25, 0.3) is 0 Å². The molecule has 0 saturated heterocycles. The Morgan fingerprint density at radius 1 is 1.62 bits per heavy atom. The Balaban J connectivity index is 2.97. The van der Waals surface area contributed by atoms with Gasteiger partial charge in [-0.05, 0) is 35.2 Å². The van der Waals surface area contributed by atoms with E-state index in [1.165, 1.54) is 7.11 Å². The number of hydrogen-bond acceptors (Lipinski definition) is 5. The summed E-state index contributed by atoms with van der Waals surface area (Å²) in [5.74, 6) is 0.901. The largest absolute Gasteiger partial charge is 0.768 e. The average molecular weight is 260 g/mol. The fourth-order valence-corrected chi connectivity index (χ4v) is 2.04. The van der Waals surface area contributed by atoms with Crippen molar-refractivity contribution in [1.29, 1.82) is 0 Å². The first-order valence-corrected chi connectivity index (χ1v) is 6.41. The molecule has 16 heavy (non-hydrogen) atoms. The lowest BCUT2D eigenvalue weighted by Crippen LogP contribution is -2.24. The monoisotopic (exact) mass is 260 g/mol. The van der Waals surface area contributed by atoms with E-state index in [-0.39, 0.29) is 10.9 Å². The van der Waals surface area contributed by atoms with Crippen molar-refractivity contribution >= 4 is 23.7 Å². The molecule has 0 bridgehead atoms. The summed E-state index contributed by atoms with van der Waals surface area (Å²) in [6, 6.07) is 4.93. The van der Waals surface area contributed by atoms with Gasteiger partial charge in [0.05, 0.1) is 12.0 Å². The minimum Gasteiger partial charge on any atom is -0.768 e. The van der Waals surface area contributed by atoms with E-state index in [9.17, 15) is 8.76 Å². The van der Waals surface area contributed by atoms with E-state index >= 15 is 0 Å². The van der Waals surface area contributed by atoms with E-state index in [4.69, 9.17) is 10.5 Å². The Morgan fingerprint density at radius 3 is 2.81 bits per heavy atom. The third kappa shape index (κ3) is 3.48. The zero-order chi connectivity index (χ0) is 12.1. The molecule has 2 atom stereocenters. The predicted octanol–water partition coefficient (Wildman–Crippen LogP) is 0.733. The number of rotatable bonds is 5. The first kappa shape index (κ1) is 13.5. The van der Waals surface area contributed by atoms with Crippen molar-refractivity contribution in [3.8, 4) is 5.75 Å². The minimum atomic E-state index is -2.30. The lowest BCUT2D eigenvalue weighted by molar-refractivity contribution is 0.401. The van der Waals surface area contributed by atoms with E-state index in [2.05, 4.69) is 12.6 Å². The maximum Gasteiger partial charge on any atom is 0.133 e. The molecule has 0 heterocycles. The van der Waals surface area contributed by atoms with Gasteiger partial charge in [0, 0.05) is 11.8 Å². The number of nitrogens with two attached hydrogens (primary N) is 1. The van der Waals surface area contributed by atoms with Crippen LogP contribution in [0.1, 0.15) is 5.56 Å². The number of methoxy groups -OCH3 is 1. The van der Waals surface area contributed by atoms with Gasteiger partial charge in [-0.3, -0.25) is 4.21 Å². The fraction of sp³-hybridized carbons (Fsp3) is 0.400. The first-order chi connectivity index (χ1) is 7.58. The number of hydrogen-bond donors (Lipinski definition) is 2. The fourth-order valence-electron chi connectivity index (χ4n) is 1.35. The molecule has 6 heteroatoms. The van der Waals surface area contributed by atoms with Gasteiger partial charge in [-0.2, -0.15) is 12.6 Å². The summed E-state index contributed by atoms with van der Waals surface area (Å²) >= 11 is 1.78. The van der Waals surface area contributed by atoms with Crippen LogP contribution in [0, 0.1) is 0 Å². The smallest absolute Gasteiger partial charge is 0.133 e. The Kier molecular flexibility index (Phi) is 5.27. The Labute approximate surface area is 103 Å². The van der Waals surface area contributed by atoms with Gasteiger partial charge >= 0.3 is 0 Å². The lowest BCUT2D eigenvalue weighted by Gasteiger charge is -2.14. The third-order valence-corrected chi connectivity index (χ3v) is 3.29. The molecular formula is C10H14NO3S2-. The molecule has 2 N–H and O–H groups in total. The molecule has 0 aliphatic heterocycles. The van der Waals surface area contributed by atoms with Gasteiger partial charge in [-0.15, -0.1) is 0 Å². The van der Waals surface area contributed by atoms with Crippen LogP contribution in [0.25, 0.3) is 0 Å². The Bertz CT molecular complexity index is 384. The highest BCUT2D eigenvalue weighted by Crippen LogP contribution is 2.23. The van der Waals surface area contributed by atoms with Crippen molar-refractivity contribution in [2.45, 2.75) is 17.4 Å². The average Bonchev–Trinajstić information content (AvgIpc) is 2.28. The summed E-state index contributed by atoms with van der Waals surface area (Å²) in [4.78, 5) is 0.159. The van der Waals surface area contributed by atoms with E-state index < -0.39 is 11.1 Å². The molecule has 0 radical (unpaired) electrons. The molecule has 4 nitrogen and oxygen atoms in total. The second-order valence-corrected chi connectivity index (χ2v) is 4.64. The summed E-state index contributed by atoms with van der Waals surface area (Å²) in [5.41, 5.74) is 6.60. The molecule has 0 aliphatic rings. The molecule has 0 fully saturated rings. The van der Waals surface area contributed by atoms with Crippen molar-refractivity contribution in [3.63, 3.8) is 0 Å². The second kappa shape index (κ2) is 6.24. The quantitative estimate of drug-likeness (QED) is 0.604. The van der Waals surface area contributed by atoms with Crippen molar-refractivity contribution in [1.82, 2.24) is 0 Å². The summed E-state index contributed by atoms with van der Waals surface area (Å²) in [6.07, 6.45) is 0.595. The molecule has 1 rings (SSSR count). The highest BCUT2D eigenvalue weighted by Gasteiger charge is 2.07. The topological polar surface area (TPSA) is 75.4 Å². The SMILES string of the molecule is COc1ccc(CC(N)CS)cc1S(=O)[O-]. The first-order valence-electron chi connectivity index (χ1n) is 4.71. The molecule has 2 unspecified atom stereocenters. The molecule has 0 aliphatic carbocycles. The van der Waals surface area contributed by atoms with Crippen LogP contribution in [0.3, 0.4) is 0 Å². The van der Waals surface area contributed by atoms with Crippen LogP contribution in [0.5, 0.6) is 5.75 Å². The number of benzene rings is 1. The Morgan fingerprint density at radius 2 is 2.31 bits per heavy atom. The molecule has 0 amide bonds. The van der Waals surface area contributed by atoms with Crippen LogP contribution in [-0.4, -0.2) is 27.7 Å². The number of ether oxygens (including phenoxy) is 1. The van der Waals surface area contributed by atoms with E-state index in [0.29, 0.717) is 17.9 Å². The molecule has 90 valence electrons. The van der Waals surface area contributed by atoms with Gasteiger partial charge in [0.2, 0.25) is 0 Å². The minimum absolute atomic E-state index is 0.0790. The van der Waals surface area contributed by atoms with Crippen LogP contribution in [0.15, 0.2) is 23.1 Å². The Hall–Kier alpha value is -0.560. The van der Waals surface area contributed by atoms with E-state index in [1.54, 1.807) is 18.2 Å². The number of thiol groups is 1. The van der Waals surface area contributed by atoms with Crippen LogP contribution >= 0.6 is 12.6 Å². The zero-order valence-electron chi connectivity index (χ0n) is 8.88. The van der Waals surface area contributed by atoms with Crippen molar-refractivity contribution in [2.75, 3.05) is 12.9 Å². The molecule has 1 aromatic rings. The lowest BCUT2D eigenvalue weighted by atomic mass is 10.1. The summed E-state index contributed by atoms with van der Waals surface area (Å²) in [7, 11) is 1.44. The molecule has 0 spiro atoms.